The Labute approximate surface area is 211 Å². The van der Waals surface area contributed by atoms with E-state index < -0.39 is 9.84 Å². The van der Waals surface area contributed by atoms with E-state index in [9.17, 15) is 13.2 Å². The molecule has 0 radical (unpaired) electrons. The number of hydrogen-bond acceptors (Lipinski definition) is 6. The average molecular weight is 522 g/mol. The third kappa shape index (κ3) is 6.36. The molecular formula is C25H32ClN3O3S2. The van der Waals surface area contributed by atoms with E-state index in [-0.39, 0.29) is 24.5 Å². The van der Waals surface area contributed by atoms with Crippen molar-refractivity contribution in [3.63, 3.8) is 0 Å². The molecule has 0 saturated heterocycles. The molecular weight excluding hydrogens is 490 g/mol. The first-order chi connectivity index (χ1) is 16.2. The lowest BCUT2D eigenvalue weighted by Crippen LogP contribution is -2.38. The highest BCUT2D eigenvalue weighted by Crippen LogP contribution is 2.34. The lowest BCUT2D eigenvalue weighted by Gasteiger charge is -2.24. The molecule has 0 bridgehead atoms. The van der Waals surface area contributed by atoms with E-state index in [0.717, 1.165) is 41.0 Å². The third-order valence-electron chi connectivity index (χ3n) is 5.99. The summed E-state index contributed by atoms with van der Waals surface area (Å²) in [5, 5.41) is 1.27. The molecule has 184 valence electrons. The highest BCUT2D eigenvalue weighted by atomic mass is 35.5. The highest BCUT2D eigenvalue weighted by molar-refractivity contribution is 7.91. The van der Waals surface area contributed by atoms with Crippen molar-refractivity contribution < 1.29 is 13.2 Å². The first-order valence-electron chi connectivity index (χ1n) is 11.5. The summed E-state index contributed by atoms with van der Waals surface area (Å²) in [7, 11) is -3.43. The van der Waals surface area contributed by atoms with Gasteiger partial charge in [0.05, 0.1) is 20.9 Å². The standard InChI is InChI=1S/C25H32ClN3O3S2/c1-5-28(6-2)15-16-29(25-27-24-19(4)21(26)13-14-22(24)33-25)23(30)8-7-17-34(31,32)20-11-9-18(3)10-12-20/h9-14H,5-8,15-17H2,1-4H3. The number of likely N-dealkylation sites (N-methyl/N-ethyl adjacent to an activating group) is 1. The van der Waals surface area contributed by atoms with E-state index in [2.05, 4.69) is 18.7 Å². The summed E-state index contributed by atoms with van der Waals surface area (Å²) in [5.74, 6) is -0.186. The average Bonchev–Trinajstić information content (AvgIpc) is 3.24. The summed E-state index contributed by atoms with van der Waals surface area (Å²) < 4.78 is 26.4. The van der Waals surface area contributed by atoms with Gasteiger partial charge in [-0.15, -0.1) is 0 Å². The fourth-order valence-electron chi connectivity index (χ4n) is 3.72. The van der Waals surface area contributed by atoms with Crippen LogP contribution in [0.2, 0.25) is 5.02 Å². The Morgan fingerprint density at radius 3 is 2.35 bits per heavy atom. The molecule has 0 saturated carbocycles. The molecule has 3 rings (SSSR count). The maximum absolute atomic E-state index is 13.3. The number of benzene rings is 2. The van der Waals surface area contributed by atoms with Gasteiger partial charge in [-0.05, 0) is 63.2 Å². The lowest BCUT2D eigenvalue weighted by molar-refractivity contribution is -0.118. The number of anilines is 1. The third-order valence-corrected chi connectivity index (χ3v) is 9.26. The second kappa shape index (κ2) is 11.6. The minimum atomic E-state index is -3.43. The van der Waals surface area contributed by atoms with Crippen LogP contribution < -0.4 is 4.90 Å². The molecule has 0 aliphatic carbocycles. The van der Waals surface area contributed by atoms with Gasteiger partial charge in [-0.3, -0.25) is 9.69 Å². The molecule has 0 atom stereocenters. The molecule has 9 heteroatoms. The van der Waals surface area contributed by atoms with Crippen LogP contribution in [-0.2, 0) is 14.6 Å². The van der Waals surface area contributed by atoms with Gasteiger partial charge >= 0.3 is 0 Å². The second-order valence-corrected chi connectivity index (χ2v) is 11.8. The molecule has 1 aromatic heterocycles. The first kappa shape index (κ1) is 26.6. The van der Waals surface area contributed by atoms with Crippen molar-refractivity contribution in [1.82, 2.24) is 9.88 Å². The normalized spacial score (nSPS) is 11.9. The van der Waals surface area contributed by atoms with Gasteiger partial charge < -0.3 is 4.90 Å². The van der Waals surface area contributed by atoms with Crippen LogP contribution in [0.25, 0.3) is 10.2 Å². The summed E-state index contributed by atoms with van der Waals surface area (Å²) in [6.45, 7) is 11.0. The Hall–Kier alpha value is -2.00. The number of rotatable bonds is 11. The van der Waals surface area contributed by atoms with Crippen LogP contribution in [0.1, 0.15) is 37.8 Å². The van der Waals surface area contributed by atoms with Crippen molar-refractivity contribution in [3.8, 4) is 0 Å². The molecule has 6 nitrogen and oxygen atoms in total. The predicted octanol–water partition coefficient (Wildman–Crippen LogP) is 5.50. The summed E-state index contributed by atoms with van der Waals surface area (Å²) in [6.07, 6.45) is 0.394. The molecule has 0 spiro atoms. The number of aryl methyl sites for hydroxylation is 2. The second-order valence-electron chi connectivity index (χ2n) is 8.32. The number of carbonyl (C=O) groups excluding carboxylic acids is 1. The Morgan fingerprint density at radius 2 is 1.71 bits per heavy atom. The summed E-state index contributed by atoms with van der Waals surface area (Å²) in [5.41, 5.74) is 2.70. The fourth-order valence-corrected chi connectivity index (χ4v) is 6.26. The van der Waals surface area contributed by atoms with Crippen LogP contribution in [0.3, 0.4) is 0 Å². The molecule has 0 N–H and O–H groups in total. The van der Waals surface area contributed by atoms with Gasteiger partial charge in [0.25, 0.3) is 0 Å². The minimum absolute atomic E-state index is 0.0692. The Bertz CT molecular complexity index is 1240. The smallest absolute Gasteiger partial charge is 0.228 e. The summed E-state index contributed by atoms with van der Waals surface area (Å²) >= 11 is 7.73. The zero-order chi connectivity index (χ0) is 24.9. The van der Waals surface area contributed by atoms with Crippen molar-refractivity contribution in [2.24, 2.45) is 0 Å². The van der Waals surface area contributed by atoms with Crippen molar-refractivity contribution in [1.29, 1.82) is 0 Å². The Morgan fingerprint density at radius 1 is 1.03 bits per heavy atom. The van der Waals surface area contributed by atoms with Gasteiger partial charge in [0, 0.05) is 24.5 Å². The molecule has 3 aromatic rings. The predicted molar refractivity (Wildman–Crippen MR) is 142 cm³/mol. The van der Waals surface area contributed by atoms with E-state index in [4.69, 9.17) is 16.6 Å². The van der Waals surface area contributed by atoms with Crippen molar-refractivity contribution >= 4 is 54.0 Å². The van der Waals surface area contributed by atoms with E-state index in [1.807, 2.05) is 26.0 Å². The maximum Gasteiger partial charge on any atom is 0.228 e. The van der Waals surface area contributed by atoms with E-state index in [0.29, 0.717) is 21.6 Å². The van der Waals surface area contributed by atoms with E-state index >= 15 is 0 Å². The summed E-state index contributed by atoms with van der Waals surface area (Å²) in [4.78, 5) is 22.3. The molecule has 34 heavy (non-hydrogen) atoms. The first-order valence-corrected chi connectivity index (χ1v) is 14.4. The van der Waals surface area contributed by atoms with Gasteiger partial charge in [-0.1, -0.05) is 54.5 Å². The van der Waals surface area contributed by atoms with Gasteiger partial charge in [-0.25, -0.2) is 13.4 Å². The molecule has 0 unspecified atom stereocenters. The number of fused-ring (bicyclic) bond motifs is 1. The van der Waals surface area contributed by atoms with Crippen LogP contribution in [-0.4, -0.2) is 56.1 Å². The topological polar surface area (TPSA) is 70.6 Å². The fraction of sp³-hybridized carbons (Fsp3) is 0.440. The van der Waals surface area contributed by atoms with Crippen LogP contribution in [0.5, 0.6) is 0 Å². The number of amides is 1. The number of sulfone groups is 1. The SMILES string of the molecule is CCN(CC)CCN(C(=O)CCCS(=O)(=O)c1ccc(C)cc1)c1nc2c(C)c(Cl)ccc2s1. The zero-order valence-corrected chi connectivity index (χ0v) is 22.6. The minimum Gasteiger partial charge on any atom is -0.302 e. The Balaban J connectivity index is 1.77. The van der Waals surface area contributed by atoms with E-state index in [1.165, 1.54) is 11.3 Å². The molecule has 0 aliphatic heterocycles. The number of aromatic nitrogens is 1. The molecule has 1 amide bonds. The summed E-state index contributed by atoms with van der Waals surface area (Å²) in [6, 6.07) is 10.6. The van der Waals surface area contributed by atoms with Gasteiger partial charge in [0.1, 0.15) is 0 Å². The van der Waals surface area contributed by atoms with Crippen LogP contribution in [0.15, 0.2) is 41.3 Å². The molecule has 2 aromatic carbocycles. The van der Waals surface area contributed by atoms with Crippen LogP contribution in [0.4, 0.5) is 5.13 Å². The van der Waals surface area contributed by atoms with Crippen LogP contribution in [0, 0.1) is 13.8 Å². The molecule has 1 heterocycles. The number of thiazole rings is 1. The lowest BCUT2D eigenvalue weighted by atomic mass is 10.2. The number of nitrogens with zero attached hydrogens (tertiary/aromatic N) is 3. The van der Waals surface area contributed by atoms with Crippen molar-refractivity contribution in [2.45, 2.75) is 45.4 Å². The monoisotopic (exact) mass is 521 g/mol. The quantitative estimate of drug-likeness (QED) is 0.333. The molecule has 0 fully saturated rings. The maximum atomic E-state index is 13.3. The van der Waals surface area contributed by atoms with Gasteiger partial charge in [0.15, 0.2) is 15.0 Å². The molecule has 0 aliphatic rings. The number of hydrogen-bond donors (Lipinski definition) is 0. The van der Waals surface area contributed by atoms with Gasteiger partial charge in [-0.2, -0.15) is 0 Å². The van der Waals surface area contributed by atoms with Crippen molar-refractivity contribution in [2.75, 3.05) is 36.8 Å². The largest absolute Gasteiger partial charge is 0.302 e. The highest BCUT2D eigenvalue weighted by Gasteiger charge is 2.22. The van der Waals surface area contributed by atoms with Crippen LogP contribution >= 0.6 is 22.9 Å². The van der Waals surface area contributed by atoms with Gasteiger partial charge in [0.2, 0.25) is 5.91 Å². The number of halogens is 1. The zero-order valence-electron chi connectivity index (χ0n) is 20.2. The Kier molecular flexibility index (Phi) is 9.09. The van der Waals surface area contributed by atoms with Crippen molar-refractivity contribution in [3.05, 3.63) is 52.5 Å². The van der Waals surface area contributed by atoms with E-state index in [1.54, 1.807) is 29.2 Å². The number of carbonyl (C=O) groups is 1.